The fraction of sp³-hybridized carbons (Fsp3) is 0.333. The van der Waals surface area contributed by atoms with Gasteiger partial charge >= 0.3 is 0 Å². The van der Waals surface area contributed by atoms with Gasteiger partial charge < -0.3 is 15.0 Å². The van der Waals surface area contributed by atoms with Gasteiger partial charge in [0.1, 0.15) is 0 Å². The zero-order valence-electron chi connectivity index (χ0n) is 23.3. The highest BCUT2D eigenvalue weighted by molar-refractivity contribution is 6.42. The fourth-order valence-electron chi connectivity index (χ4n) is 5.85. The molecule has 8 heteroatoms. The van der Waals surface area contributed by atoms with Crippen LogP contribution < -0.4 is 5.32 Å². The molecule has 0 saturated carbocycles. The summed E-state index contributed by atoms with van der Waals surface area (Å²) in [6.07, 6.45) is 3.81. The molecular weight excluding hydrogens is 553 g/mol. The highest BCUT2D eigenvalue weighted by Crippen LogP contribution is 2.43. The molecule has 212 valence electrons. The summed E-state index contributed by atoms with van der Waals surface area (Å²) in [4.78, 5) is 14.7. The van der Waals surface area contributed by atoms with Crippen LogP contribution in [-0.4, -0.2) is 72.8 Å². The molecule has 1 aliphatic heterocycles. The Hall–Kier alpha value is -3.00. The Morgan fingerprint density at radius 1 is 0.902 bits per heavy atom. The number of hydrogen-bond acceptors (Lipinski definition) is 6. The summed E-state index contributed by atoms with van der Waals surface area (Å²) >= 11 is 12.6. The number of benzene rings is 3. The van der Waals surface area contributed by atoms with Gasteiger partial charge in [0.15, 0.2) is 0 Å². The van der Waals surface area contributed by atoms with Crippen LogP contribution in [0.5, 0.6) is 0 Å². The smallest absolute Gasteiger partial charge is 0.227 e. The van der Waals surface area contributed by atoms with Crippen molar-refractivity contribution in [2.75, 3.05) is 58.3 Å². The van der Waals surface area contributed by atoms with Crippen molar-refractivity contribution in [2.45, 2.75) is 18.8 Å². The van der Waals surface area contributed by atoms with Crippen molar-refractivity contribution in [3.63, 3.8) is 0 Å². The summed E-state index contributed by atoms with van der Waals surface area (Å²) < 4.78 is 5.21. The molecular formula is C33H35Cl2N5O. The van der Waals surface area contributed by atoms with E-state index in [9.17, 15) is 0 Å². The van der Waals surface area contributed by atoms with Gasteiger partial charge in [0.25, 0.3) is 0 Å². The van der Waals surface area contributed by atoms with Gasteiger partial charge in [-0.25, -0.2) is 9.97 Å². The number of methoxy groups -OCH3 is 1. The number of anilines is 2. The number of nitrogens with zero attached hydrogens (tertiary/aromatic N) is 4. The van der Waals surface area contributed by atoms with Gasteiger partial charge in [0.05, 0.1) is 22.3 Å². The van der Waals surface area contributed by atoms with E-state index in [0.29, 0.717) is 16.0 Å². The Morgan fingerprint density at radius 3 is 2.41 bits per heavy atom. The molecule has 1 fully saturated rings. The summed E-state index contributed by atoms with van der Waals surface area (Å²) in [5, 5.41) is 4.56. The Labute approximate surface area is 252 Å². The minimum Gasteiger partial charge on any atom is -0.383 e. The molecule has 1 saturated heterocycles. The summed E-state index contributed by atoms with van der Waals surface area (Å²) in [6.45, 7) is 7.40. The molecule has 1 N–H and O–H groups in total. The monoisotopic (exact) mass is 587 g/mol. The van der Waals surface area contributed by atoms with E-state index >= 15 is 0 Å². The summed E-state index contributed by atoms with van der Waals surface area (Å²) in [7, 11) is 1.77. The highest BCUT2D eigenvalue weighted by atomic mass is 35.5. The van der Waals surface area contributed by atoms with Crippen molar-refractivity contribution in [1.29, 1.82) is 0 Å². The van der Waals surface area contributed by atoms with Gasteiger partial charge in [-0.05, 0) is 59.4 Å². The van der Waals surface area contributed by atoms with E-state index in [0.717, 1.165) is 86.8 Å². The first-order valence-corrected chi connectivity index (χ1v) is 15.0. The maximum atomic E-state index is 6.37. The van der Waals surface area contributed by atoms with Crippen LogP contribution in [0.3, 0.4) is 0 Å². The summed E-state index contributed by atoms with van der Waals surface area (Å²) in [5.74, 6) is 0.772. The number of hydrogen-bond donors (Lipinski definition) is 1. The van der Waals surface area contributed by atoms with Crippen molar-refractivity contribution >= 4 is 34.8 Å². The molecule has 0 radical (unpaired) electrons. The lowest BCUT2D eigenvalue weighted by atomic mass is 9.78. The van der Waals surface area contributed by atoms with Gasteiger partial charge in [-0.2, -0.15) is 0 Å². The van der Waals surface area contributed by atoms with Gasteiger partial charge in [-0.15, -0.1) is 0 Å². The average Bonchev–Trinajstić information content (AvgIpc) is 3.01. The first kappa shape index (κ1) is 28.1. The van der Waals surface area contributed by atoms with Gasteiger partial charge in [-0.1, -0.05) is 65.7 Å². The largest absolute Gasteiger partial charge is 0.383 e. The number of ether oxygens (including phenoxy) is 1. The maximum absolute atomic E-state index is 6.37. The average molecular weight is 589 g/mol. The third kappa shape index (κ3) is 6.58. The molecule has 6 rings (SSSR count). The van der Waals surface area contributed by atoms with E-state index < -0.39 is 0 Å². The van der Waals surface area contributed by atoms with E-state index in [1.165, 1.54) is 11.1 Å². The van der Waals surface area contributed by atoms with E-state index in [-0.39, 0.29) is 5.92 Å². The van der Waals surface area contributed by atoms with Crippen molar-refractivity contribution in [3.8, 4) is 11.3 Å². The molecule has 4 aromatic rings. The molecule has 1 aliphatic carbocycles. The second kappa shape index (κ2) is 12.9. The fourth-order valence-corrected chi connectivity index (χ4v) is 6.16. The molecule has 0 unspecified atom stereocenters. The SMILES string of the molecule is COCCN1CCN(CCc2ccc(Nc3ncc4c(n3)-c3ccccc3[C@H](c3ccc(Cl)c(Cl)c3)C4)cc2)CC1. The molecule has 1 atom stereocenters. The Bertz CT molecular complexity index is 1490. The minimum absolute atomic E-state index is 0.169. The zero-order chi connectivity index (χ0) is 28.2. The lowest BCUT2D eigenvalue weighted by molar-refractivity contribution is 0.0976. The van der Waals surface area contributed by atoms with Crippen LogP contribution in [0.1, 0.15) is 28.2 Å². The topological polar surface area (TPSA) is 53.5 Å². The standard InChI is InChI=1S/C33H35Cl2N5O/c1-41-19-18-40-16-14-39(15-17-40)13-12-23-6-9-26(10-7-23)37-33-36-22-25-20-29(24-8-11-30(34)31(35)21-24)27-4-2-3-5-28(27)32(25)38-33/h2-11,21-22,29H,12-20H2,1H3,(H,36,37,38)/t29-/m0/s1. The molecule has 6 nitrogen and oxygen atoms in total. The predicted octanol–water partition coefficient (Wildman–Crippen LogP) is 6.69. The van der Waals surface area contributed by atoms with Crippen LogP contribution in [0.25, 0.3) is 11.3 Å². The molecule has 0 amide bonds. The Kier molecular flexibility index (Phi) is 8.84. The van der Waals surface area contributed by atoms with Crippen LogP contribution in [0, 0.1) is 0 Å². The van der Waals surface area contributed by atoms with Gasteiger partial charge in [-0.3, -0.25) is 4.90 Å². The molecule has 2 heterocycles. The van der Waals surface area contributed by atoms with Crippen molar-refractivity contribution in [3.05, 3.63) is 105 Å². The number of halogens is 2. The van der Waals surface area contributed by atoms with Crippen LogP contribution in [0.2, 0.25) is 10.0 Å². The van der Waals surface area contributed by atoms with Crippen LogP contribution in [-0.2, 0) is 17.6 Å². The van der Waals surface area contributed by atoms with Crippen molar-refractivity contribution in [1.82, 2.24) is 19.8 Å². The lowest BCUT2D eigenvalue weighted by Crippen LogP contribution is -2.47. The summed E-state index contributed by atoms with van der Waals surface area (Å²) in [6, 6.07) is 23.0. The Morgan fingerprint density at radius 2 is 1.66 bits per heavy atom. The third-order valence-corrected chi connectivity index (χ3v) is 8.97. The number of aromatic nitrogens is 2. The molecule has 0 bridgehead atoms. The summed E-state index contributed by atoms with van der Waals surface area (Å²) in [5.41, 5.74) is 7.94. The second-order valence-corrected chi connectivity index (χ2v) is 11.6. The molecule has 41 heavy (non-hydrogen) atoms. The van der Waals surface area contributed by atoms with Crippen molar-refractivity contribution < 1.29 is 4.74 Å². The lowest BCUT2D eigenvalue weighted by Gasteiger charge is -2.34. The van der Waals surface area contributed by atoms with Crippen LogP contribution >= 0.6 is 23.2 Å². The van der Waals surface area contributed by atoms with E-state index in [2.05, 4.69) is 74.7 Å². The highest BCUT2D eigenvalue weighted by Gasteiger charge is 2.28. The number of rotatable bonds is 9. The normalized spacial score (nSPS) is 17.2. The second-order valence-electron chi connectivity index (χ2n) is 10.8. The third-order valence-electron chi connectivity index (χ3n) is 8.23. The maximum Gasteiger partial charge on any atom is 0.227 e. The van der Waals surface area contributed by atoms with Crippen LogP contribution in [0.15, 0.2) is 72.9 Å². The van der Waals surface area contributed by atoms with Crippen LogP contribution in [0.4, 0.5) is 11.6 Å². The Balaban J connectivity index is 1.10. The molecule has 0 spiro atoms. The van der Waals surface area contributed by atoms with Crippen molar-refractivity contribution in [2.24, 2.45) is 0 Å². The quantitative estimate of drug-likeness (QED) is 0.235. The number of fused-ring (bicyclic) bond motifs is 3. The molecule has 3 aromatic carbocycles. The van der Waals surface area contributed by atoms with Gasteiger partial charge in [0, 0.05) is 69.7 Å². The minimum atomic E-state index is 0.169. The first-order chi connectivity index (χ1) is 20.1. The van der Waals surface area contributed by atoms with Gasteiger partial charge in [0.2, 0.25) is 5.95 Å². The molecule has 1 aromatic heterocycles. The predicted molar refractivity (Wildman–Crippen MR) is 168 cm³/mol. The van der Waals surface area contributed by atoms with E-state index in [4.69, 9.17) is 32.9 Å². The van der Waals surface area contributed by atoms with E-state index in [1.807, 2.05) is 18.3 Å². The zero-order valence-corrected chi connectivity index (χ0v) is 24.8. The number of piperazine rings is 1. The number of nitrogens with one attached hydrogen (secondary N) is 1. The first-order valence-electron chi connectivity index (χ1n) is 14.3. The molecule has 2 aliphatic rings. The van der Waals surface area contributed by atoms with E-state index in [1.54, 1.807) is 7.11 Å².